The van der Waals surface area contributed by atoms with Crippen LogP contribution in [0.2, 0.25) is 0 Å². The molecule has 0 saturated carbocycles. The quantitative estimate of drug-likeness (QED) is 0.206. The zero-order valence-electron chi connectivity index (χ0n) is 7.77. The molecule has 0 rings (SSSR count). The predicted molar refractivity (Wildman–Crippen MR) is 15.6 cm³/mol. The fourth-order valence-corrected chi connectivity index (χ4v) is 0. The molecule has 0 fully saturated rings. The molecule has 0 heterocycles. The van der Waals surface area contributed by atoms with Crippen molar-refractivity contribution in [2.45, 2.75) is 0 Å². The van der Waals surface area contributed by atoms with Gasteiger partial charge in [0.1, 0.15) is 0 Å². The molecule has 0 aromatic carbocycles. The van der Waals surface area contributed by atoms with Crippen LogP contribution in [-0.2, 0) is 105 Å². The van der Waals surface area contributed by atoms with Crippen LogP contribution in [0.4, 0.5) is 0 Å². The Kier molecular flexibility index (Phi) is 44.4. The second-order valence-corrected chi connectivity index (χ2v) is 10.0. The Morgan fingerprint density at radius 2 is 0.421 bits per heavy atom. The maximum atomic E-state index is 8.65. The van der Waals surface area contributed by atoms with Gasteiger partial charge < -0.3 is 0 Å². The van der Waals surface area contributed by atoms with Crippen LogP contribution in [0, 0.1) is 0 Å². The van der Waals surface area contributed by atoms with Crippen LogP contribution in [0.5, 0.6) is 0 Å². The summed E-state index contributed by atoms with van der Waals surface area (Å²) in [6.45, 7) is 0. The third kappa shape index (κ3) is 688. The molecular formula is Bi2Mn2O12W3. The molecule has 0 unspecified atom stereocenters. The van der Waals surface area contributed by atoms with E-state index in [9.17, 15) is 0 Å². The monoisotopic (exact) mass is 1270 g/mol. The van der Waals surface area contributed by atoms with Crippen LogP contribution >= 0.6 is 0 Å². The van der Waals surface area contributed by atoms with Gasteiger partial charge >= 0.3 is 146 Å². The minimum atomic E-state index is -6.17. The topological polar surface area (TPSA) is 241 Å². The first-order valence-corrected chi connectivity index (χ1v) is 16.4. The van der Waals surface area contributed by atoms with Gasteiger partial charge in [-0.25, -0.2) is 0 Å². The van der Waals surface area contributed by atoms with Crippen LogP contribution in [0.3, 0.4) is 0 Å². The van der Waals surface area contributed by atoms with Crippen molar-refractivity contribution in [2.24, 2.45) is 0 Å². The molecule has 114 valence electrons. The Hall–Kier alpha value is 3.43. The van der Waals surface area contributed by atoms with E-state index in [2.05, 4.69) is 0 Å². The summed E-state index contributed by atoms with van der Waals surface area (Å²) in [7, 11) is 0. The average molecular weight is 1270 g/mol. The summed E-state index contributed by atoms with van der Waals surface area (Å²) in [4.78, 5) is 0. The van der Waals surface area contributed by atoms with E-state index in [0.29, 0.717) is 0 Å². The molecule has 19 heteroatoms. The SMILES string of the molecule is [Bi+3].[Bi+3].[Mn].[Mn].[O]=[W](=[O])([O-])[O-].[O]=[W](=[O])([O-])[O-].[O]=[W](=[O])([O-])[O-]. The minimum absolute atomic E-state index is 0. The molecule has 19 heavy (non-hydrogen) atoms. The molecule has 0 aliphatic heterocycles. The van der Waals surface area contributed by atoms with E-state index in [4.69, 9.17) is 42.9 Å². The van der Waals surface area contributed by atoms with Gasteiger partial charge in [0.25, 0.3) is 0 Å². The van der Waals surface area contributed by atoms with Crippen LogP contribution in [0.15, 0.2) is 0 Å². The van der Waals surface area contributed by atoms with Crippen molar-refractivity contribution >= 4 is 52.4 Å². The van der Waals surface area contributed by atoms with Gasteiger partial charge in [-0.2, -0.15) is 0 Å². The second-order valence-electron chi connectivity index (χ2n) is 1.22. The van der Waals surface area contributed by atoms with E-state index >= 15 is 0 Å². The van der Waals surface area contributed by atoms with E-state index in [0.717, 1.165) is 0 Å². The predicted octanol–water partition coefficient (Wildman–Crippen LogP) is -8.62. The van der Waals surface area contributed by atoms with E-state index in [-0.39, 0.29) is 86.5 Å². The Balaban J connectivity index is -0.0000000206. The van der Waals surface area contributed by atoms with Crippen LogP contribution in [0.1, 0.15) is 0 Å². The van der Waals surface area contributed by atoms with Gasteiger partial charge in [-0.1, -0.05) is 0 Å². The molecule has 12 nitrogen and oxygen atoms in total. The van der Waals surface area contributed by atoms with Gasteiger partial charge in [0.2, 0.25) is 0 Å². The molecule has 0 bridgehead atoms. The van der Waals surface area contributed by atoms with Crippen LogP contribution < -0.4 is 22.6 Å². The average Bonchev–Trinajstić information content (AvgIpc) is 1.41. The Morgan fingerprint density at radius 3 is 0.421 bits per heavy atom. The van der Waals surface area contributed by atoms with Crippen molar-refractivity contribution in [2.75, 3.05) is 0 Å². The number of rotatable bonds is 0. The molecule has 0 aromatic rings. The van der Waals surface area contributed by atoms with Gasteiger partial charge in [0, 0.05) is 34.1 Å². The van der Waals surface area contributed by atoms with Crippen molar-refractivity contribution in [3.05, 3.63) is 0 Å². The van der Waals surface area contributed by atoms with Crippen molar-refractivity contribution in [1.82, 2.24) is 0 Å². The second kappa shape index (κ2) is 19.5. The van der Waals surface area contributed by atoms with E-state index in [1.54, 1.807) is 0 Å². The molecule has 6 radical (unpaired) electrons. The number of hydrogen-bond acceptors (Lipinski definition) is 12. The van der Waals surface area contributed by atoms with Crippen molar-refractivity contribution < 1.29 is 127 Å². The standard InChI is InChI=1S/2Bi.2Mn.12O.3W/q2*+3;;;;;;;;;6*-1;;;. The van der Waals surface area contributed by atoms with Crippen LogP contribution in [0.25, 0.3) is 0 Å². The van der Waals surface area contributed by atoms with Crippen molar-refractivity contribution in [3.8, 4) is 0 Å². The third-order valence-corrected chi connectivity index (χ3v) is 0. The molecule has 0 saturated heterocycles. The third-order valence-electron chi connectivity index (χ3n) is 0. The number of hydrogen-bond donors (Lipinski definition) is 0. The fraction of sp³-hybridized carbons (Fsp3) is 0. The van der Waals surface area contributed by atoms with Gasteiger partial charge in [0.05, 0.1) is 0 Å². The molecule has 0 aliphatic carbocycles. The summed E-state index contributed by atoms with van der Waals surface area (Å²) in [5, 5.41) is 0. The zero-order valence-corrected chi connectivity index (χ0v) is 25.9. The maximum absolute atomic E-state index is 8.65. The van der Waals surface area contributed by atoms with Crippen LogP contribution in [-0.4, -0.2) is 52.4 Å². The molecule has 0 atom stereocenters. The molecule has 0 aliphatic rings. The van der Waals surface area contributed by atoms with E-state index in [1.165, 1.54) is 0 Å². The summed E-state index contributed by atoms with van der Waals surface area (Å²) in [5.74, 6) is 0. The summed E-state index contributed by atoms with van der Waals surface area (Å²) in [5.41, 5.74) is 0. The fourth-order valence-electron chi connectivity index (χ4n) is 0. The van der Waals surface area contributed by atoms with Gasteiger partial charge in [0.15, 0.2) is 0 Å². The normalized spacial score (nSPS) is 9.16. The first-order chi connectivity index (χ1) is 6.00. The van der Waals surface area contributed by atoms with E-state index in [1.807, 2.05) is 0 Å². The Labute approximate surface area is 176 Å². The summed E-state index contributed by atoms with van der Waals surface area (Å²) in [6.07, 6.45) is 0. The van der Waals surface area contributed by atoms with Gasteiger partial charge in [-0.3, -0.25) is 0 Å². The molecule has 0 amide bonds. The van der Waals surface area contributed by atoms with E-state index < -0.39 is 50.2 Å². The molecular weight excluding hydrogens is 1270 g/mol. The zero-order chi connectivity index (χ0) is 13.5. The van der Waals surface area contributed by atoms with Gasteiger partial charge in [-0.05, 0) is 0 Å². The molecule has 0 N–H and O–H groups in total. The summed E-state index contributed by atoms with van der Waals surface area (Å²) in [6, 6.07) is 0. The van der Waals surface area contributed by atoms with Gasteiger partial charge in [-0.15, -0.1) is 0 Å². The summed E-state index contributed by atoms with van der Waals surface area (Å²) >= 11 is -18.5. The molecule has 0 aromatic heterocycles. The molecule has 0 spiro atoms. The first kappa shape index (κ1) is 43.3. The van der Waals surface area contributed by atoms with Crippen molar-refractivity contribution in [1.29, 1.82) is 0 Å². The summed E-state index contributed by atoms with van der Waals surface area (Å²) < 4.78 is 104. The first-order valence-electron chi connectivity index (χ1n) is 2.00. The Bertz CT molecular complexity index is 350. The Morgan fingerprint density at radius 1 is 0.421 bits per heavy atom. The van der Waals surface area contributed by atoms with Crippen molar-refractivity contribution in [3.63, 3.8) is 0 Å².